The van der Waals surface area contributed by atoms with Crippen molar-refractivity contribution < 1.29 is 0 Å². The van der Waals surface area contributed by atoms with Gasteiger partial charge in [0, 0.05) is 23.0 Å². The highest BCUT2D eigenvalue weighted by Gasteiger charge is 2.10. The predicted molar refractivity (Wildman–Crippen MR) is 96.3 cm³/mol. The second-order valence-electron chi connectivity index (χ2n) is 5.21. The Morgan fingerprint density at radius 3 is 2.43 bits per heavy atom. The number of rotatable bonds is 2. The van der Waals surface area contributed by atoms with E-state index in [1.165, 1.54) is 0 Å². The summed E-state index contributed by atoms with van der Waals surface area (Å²) in [5, 5.41) is 0.710. The van der Waals surface area contributed by atoms with E-state index in [9.17, 15) is 0 Å². The average molecular weight is 338 g/mol. The highest BCUT2D eigenvalue weighted by atomic mass is 35.5. The van der Waals surface area contributed by atoms with Crippen molar-refractivity contribution in [2.45, 2.75) is 0 Å². The molecule has 2 aromatic carbocycles. The van der Waals surface area contributed by atoms with Crippen LogP contribution < -0.4 is 0 Å². The highest BCUT2D eigenvalue weighted by Crippen LogP contribution is 2.27. The molecular weight excluding hydrogens is 326 g/mol. The molecule has 112 valence electrons. The zero-order valence-corrected chi connectivity index (χ0v) is 13.6. The van der Waals surface area contributed by atoms with Crippen molar-refractivity contribution in [3.05, 3.63) is 76.8 Å². The molecule has 0 bridgehead atoms. The van der Waals surface area contributed by atoms with Crippen LogP contribution in [-0.4, -0.2) is 14.4 Å². The number of benzene rings is 2. The van der Waals surface area contributed by atoms with E-state index in [4.69, 9.17) is 23.8 Å². The lowest BCUT2D eigenvalue weighted by Gasteiger charge is -2.04. The second kappa shape index (κ2) is 5.65. The van der Waals surface area contributed by atoms with Crippen molar-refractivity contribution >= 4 is 29.5 Å². The summed E-state index contributed by atoms with van der Waals surface area (Å²) in [6.45, 7) is 0. The molecule has 0 fully saturated rings. The molecule has 0 spiro atoms. The van der Waals surface area contributed by atoms with Gasteiger partial charge < -0.3 is 4.98 Å². The quantitative estimate of drug-likeness (QED) is 0.498. The molecule has 0 saturated carbocycles. The van der Waals surface area contributed by atoms with Crippen LogP contribution in [-0.2, 0) is 0 Å². The van der Waals surface area contributed by atoms with E-state index in [2.05, 4.69) is 22.1 Å². The van der Waals surface area contributed by atoms with Gasteiger partial charge in [0.05, 0.1) is 5.69 Å². The van der Waals surface area contributed by atoms with Gasteiger partial charge in [-0.15, -0.1) is 0 Å². The van der Waals surface area contributed by atoms with Gasteiger partial charge in [-0.05, 0) is 35.5 Å². The summed E-state index contributed by atoms with van der Waals surface area (Å²) in [7, 11) is 0. The first-order valence-electron chi connectivity index (χ1n) is 7.14. The van der Waals surface area contributed by atoms with Crippen molar-refractivity contribution in [3.63, 3.8) is 0 Å². The standard InChI is InChI=1S/C18H12ClN3S/c19-14-8-6-12(7-9-14)15-10-20-18(23)22-11-16(21-17(15)22)13-4-2-1-3-5-13/h1-11,21H. The minimum absolute atomic E-state index is 0.524. The molecule has 0 aliphatic rings. The van der Waals surface area contributed by atoms with Crippen LogP contribution in [0, 0.1) is 4.77 Å². The third-order valence-electron chi connectivity index (χ3n) is 3.76. The maximum Gasteiger partial charge on any atom is 0.205 e. The van der Waals surface area contributed by atoms with Gasteiger partial charge in [0.1, 0.15) is 5.65 Å². The fourth-order valence-electron chi connectivity index (χ4n) is 2.61. The van der Waals surface area contributed by atoms with E-state index in [1.54, 1.807) is 6.20 Å². The Hall–Kier alpha value is -2.43. The summed E-state index contributed by atoms with van der Waals surface area (Å²) in [5.41, 5.74) is 5.05. The van der Waals surface area contributed by atoms with Gasteiger partial charge in [0.25, 0.3) is 0 Å². The van der Waals surface area contributed by atoms with Gasteiger partial charge in [-0.1, -0.05) is 54.1 Å². The number of aromatic amines is 1. The van der Waals surface area contributed by atoms with Crippen molar-refractivity contribution in [2.75, 3.05) is 0 Å². The number of H-pyrrole nitrogens is 1. The first-order valence-corrected chi connectivity index (χ1v) is 7.93. The lowest BCUT2D eigenvalue weighted by atomic mass is 10.1. The van der Waals surface area contributed by atoms with Crippen molar-refractivity contribution in [1.29, 1.82) is 0 Å². The largest absolute Gasteiger partial charge is 0.339 e. The van der Waals surface area contributed by atoms with Crippen LogP contribution in [0.2, 0.25) is 5.02 Å². The number of hydrogen-bond acceptors (Lipinski definition) is 2. The summed E-state index contributed by atoms with van der Waals surface area (Å²) in [6, 6.07) is 17.8. The minimum Gasteiger partial charge on any atom is -0.339 e. The number of nitrogens with zero attached hydrogens (tertiary/aromatic N) is 2. The fraction of sp³-hybridized carbons (Fsp3) is 0. The van der Waals surface area contributed by atoms with E-state index in [1.807, 2.05) is 53.1 Å². The molecule has 0 saturated heterocycles. The molecule has 3 nitrogen and oxygen atoms in total. The zero-order valence-electron chi connectivity index (χ0n) is 12.0. The smallest absolute Gasteiger partial charge is 0.205 e. The Labute approximate surface area is 143 Å². The van der Waals surface area contributed by atoms with E-state index >= 15 is 0 Å². The molecule has 4 rings (SSSR count). The maximum atomic E-state index is 5.98. The van der Waals surface area contributed by atoms with Crippen LogP contribution in [0.1, 0.15) is 0 Å². The third kappa shape index (κ3) is 2.56. The van der Waals surface area contributed by atoms with Gasteiger partial charge in [0.15, 0.2) is 0 Å². The Bertz CT molecular complexity index is 1030. The van der Waals surface area contributed by atoms with Crippen LogP contribution in [0.3, 0.4) is 0 Å². The van der Waals surface area contributed by atoms with Gasteiger partial charge in [0.2, 0.25) is 4.77 Å². The van der Waals surface area contributed by atoms with Crippen molar-refractivity contribution in [2.24, 2.45) is 0 Å². The summed E-state index contributed by atoms with van der Waals surface area (Å²) in [4.78, 5) is 7.80. The van der Waals surface area contributed by atoms with E-state index < -0.39 is 0 Å². The molecule has 0 atom stereocenters. The summed E-state index contributed by atoms with van der Waals surface area (Å²) in [6.07, 6.45) is 3.78. The summed E-state index contributed by atoms with van der Waals surface area (Å²) in [5.74, 6) is 0. The Balaban J connectivity index is 1.96. The minimum atomic E-state index is 0.524. The third-order valence-corrected chi connectivity index (χ3v) is 4.31. The predicted octanol–water partition coefficient (Wildman–Crippen LogP) is 5.38. The summed E-state index contributed by atoms with van der Waals surface area (Å²) >= 11 is 11.3. The summed E-state index contributed by atoms with van der Waals surface area (Å²) < 4.78 is 2.43. The Kier molecular flexibility index (Phi) is 3.48. The lowest BCUT2D eigenvalue weighted by molar-refractivity contribution is 1.06. The fourth-order valence-corrected chi connectivity index (χ4v) is 2.93. The van der Waals surface area contributed by atoms with Crippen molar-refractivity contribution in [1.82, 2.24) is 14.4 Å². The molecule has 0 aliphatic heterocycles. The average Bonchev–Trinajstić information content (AvgIpc) is 3.03. The number of fused-ring (bicyclic) bond motifs is 1. The van der Waals surface area contributed by atoms with Crippen LogP contribution in [0.15, 0.2) is 67.0 Å². The second-order valence-corrected chi connectivity index (χ2v) is 6.02. The van der Waals surface area contributed by atoms with E-state index in [-0.39, 0.29) is 0 Å². The number of hydrogen-bond donors (Lipinski definition) is 1. The van der Waals surface area contributed by atoms with E-state index in [0.717, 1.165) is 28.0 Å². The number of nitrogens with one attached hydrogen (secondary N) is 1. The maximum absolute atomic E-state index is 5.98. The number of aromatic nitrogens is 3. The molecule has 0 unspecified atom stereocenters. The molecule has 23 heavy (non-hydrogen) atoms. The van der Waals surface area contributed by atoms with Crippen molar-refractivity contribution in [3.8, 4) is 22.4 Å². The van der Waals surface area contributed by atoms with Gasteiger partial charge in [-0.3, -0.25) is 4.40 Å². The van der Waals surface area contributed by atoms with Crippen LogP contribution in [0.5, 0.6) is 0 Å². The van der Waals surface area contributed by atoms with Crippen LogP contribution >= 0.6 is 23.8 Å². The molecule has 0 amide bonds. The van der Waals surface area contributed by atoms with Crippen LogP contribution in [0.25, 0.3) is 28.0 Å². The monoisotopic (exact) mass is 337 g/mol. The molecule has 2 heterocycles. The van der Waals surface area contributed by atoms with E-state index in [0.29, 0.717) is 9.79 Å². The first kappa shape index (κ1) is 14.2. The van der Waals surface area contributed by atoms with Gasteiger partial charge >= 0.3 is 0 Å². The number of halogens is 1. The van der Waals surface area contributed by atoms with Gasteiger partial charge in [-0.25, -0.2) is 4.98 Å². The highest BCUT2D eigenvalue weighted by molar-refractivity contribution is 7.71. The van der Waals surface area contributed by atoms with Crippen LogP contribution in [0.4, 0.5) is 0 Å². The molecule has 2 aromatic heterocycles. The molecular formula is C18H12ClN3S. The lowest BCUT2D eigenvalue weighted by Crippen LogP contribution is -1.92. The molecule has 1 N–H and O–H groups in total. The molecule has 4 aromatic rings. The zero-order chi connectivity index (χ0) is 15.8. The number of imidazole rings is 1. The first-order chi connectivity index (χ1) is 11.2. The molecule has 5 heteroatoms. The SMILES string of the molecule is S=c1ncc(-c2ccc(Cl)cc2)c2[nH]c(-c3ccccc3)cn12. The normalized spacial score (nSPS) is 11.0. The Morgan fingerprint density at radius 1 is 0.957 bits per heavy atom. The molecule has 0 aliphatic carbocycles. The Morgan fingerprint density at radius 2 is 1.70 bits per heavy atom. The topological polar surface area (TPSA) is 33.1 Å². The molecule has 0 radical (unpaired) electrons. The van der Waals surface area contributed by atoms with Gasteiger partial charge in [-0.2, -0.15) is 0 Å².